The largest absolute Gasteiger partial charge is 0.338 e. The fourth-order valence-electron chi connectivity index (χ4n) is 2.85. The van der Waals surface area contributed by atoms with Crippen molar-refractivity contribution in [1.82, 2.24) is 10.6 Å². The van der Waals surface area contributed by atoms with Gasteiger partial charge in [0.05, 0.1) is 0 Å². The molecule has 1 amide bonds. The number of benzene rings is 1. The third-order valence-electron chi connectivity index (χ3n) is 3.67. The quantitative estimate of drug-likeness (QED) is 0.804. The van der Waals surface area contributed by atoms with Crippen LogP contribution < -0.4 is 10.6 Å². The van der Waals surface area contributed by atoms with E-state index < -0.39 is 5.54 Å². The van der Waals surface area contributed by atoms with Crippen LogP contribution in [-0.4, -0.2) is 17.9 Å². The number of aliphatic imine (C=N–C) groups is 1. The average Bonchev–Trinajstić information content (AvgIpc) is 2.84. The average molecular weight is 261 g/mol. The number of fused-ring (bicyclic) bond motifs is 2. The van der Waals surface area contributed by atoms with Crippen molar-refractivity contribution < 1.29 is 9.18 Å². The highest BCUT2D eigenvalue weighted by atomic mass is 19.1. The van der Waals surface area contributed by atoms with Gasteiger partial charge in [-0.2, -0.15) is 0 Å². The van der Waals surface area contributed by atoms with Crippen molar-refractivity contribution in [3.05, 3.63) is 35.1 Å². The molecule has 3 rings (SSSR count). The van der Waals surface area contributed by atoms with Gasteiger partial charge in [0.1, 0.15) is 11.4 Å². The van der Waals surface area contributed by atoms with Gasteiger partial charge in [-0.3, -0.25) is 15.1 Å². The first-order chi connectivity index (χ1) is 9.03. The van der Waals surface area contributed by atoms with Crippen molar-refractivity contribution in [3.8, 4) is 0 Å². The minimum Gasteiger partial charge on any atom is -0.338 e. The molecule has 1 aromatic carbocycles. The summed E-state index contributed by atoms with van der Waals surface area (Å²) >= 11 is 0. The molecule has 0 aromatic heterocycles. The number of hydrogen-bond acceptors (Lipinski definition) is 2. The Bertz CT molecular complexity index is 582. The smallest absolute Gasteiger partial charge is 0.257 e. The lowest BCUT2D eigenvalue weighted by Crippen LogP contribution is -2.41. The summed E-state index contributed by atoms with van der Waals surface area (Å²) in [5.74, 6) is 0.103. The van der Waals surface area contributed by atoms with E-state index >= 15 is 0 Å². The van der Waals surface area contributed by atoms with Gasteiger partial charge >= 0.3 is 0 Å². The molecule has 2 aliphatic rings. The van der Waals surface area contributed by atoms with Gasteiger partial charge in [0.15, 0.2) is 5.96 Å². The van der Waals surface area contributed by atoms with Crippen LogP contribution in [0.5, 0.6) is 0 Å². The Balaban J connectivity index is 2.04. The number of halogens is 1. The lowest BCUT2D eigenvalue weighted by molar-refractivity contribution is -0.124. The number of carbonyl (C=O) groups is 1. The topological polar surface area (TPSA) is 53.5 Å². The first-order valence-corrected chi connectivity index (χ1v) is 6.48. The van der Waals surface area contributed by atoms with Gasteiger partial charge in [0, 0.05) is 6.04 Å². The molecule has 1 aliphatic heterocycles. The molecule has 0 saturated carbocycles. The van der Waals surface area contributed by atoms with Crippen molar-refractivity contribution in [2.24, 2.45) is 4.99 Å². The molecule has 19 heavy (non-hydrogen) atoms. The maximum atomic E-state index is 13.8. The predicted octanol–water partition coefficient (Wildman–Crippen LogP) is 1.45. The number of guanidine groups is 1. The van der Waals surface area contributed by atoms with Gasteiger partial charge in [-0.25, -0.2) is 4.39 Å². The molecule has 2 N–H and O–H groups in total. The molecule has 1 atom stereocenters. The number of carbonyl (C=O) groups excluding carboxylic acids is 1. The maximum Gasteiger partial charge on any atom is 0.257 e. The van der Waals surface area contributed by atoms with E-state index in [1.54, 1.807) is 6.07 Å². The number of nitrogens with zero attached hydrogens (tertiary/aromatic N) is 1. The molecule has 1 aliphatic carbocycles. The molecular formula is C14H16FN3O. The van der Waals surface area contributed by atoms with Crippen molar-refractivity contribution in [3.63, 3.8) is 0 Å². The molecule has 1 spiro atoms. The van der Waals surface area contributed by atoms with Gasteiger partial charge in [0.25, 0.3) is 5.91 Å². The van der Waals surface area contributed by atoms with Crippen LogP contribution in [0.25, 0.3) is 0 Å². The fourth-order valence-corrected chi connectivity index (χ4v) is 2.85. The summed E-state index contributed by atoms with van der Waals surface area (Å²) in [5, 5.41) is 5.91. The second-order valence-corrected chi connectivity index (χ2v) is 5.32. The Morgan fingerprint density at radius 3 is 2.95 bits per heavy atom. The highest BCUT2D eigenvalue weighted by Gasteiger charge is 2.51. The van der Waals surface area contributed by atoms with E-state index in [4.69, 9.17) is 0 Å². The number of rotatable bonds is 1. The third kappa shape index (κ3) is 1.72. The summed E-state index contributed by atoms with van der Waals surface area (Å²) < 4.78 is 13.8. The second-order valence-electron chi connectivity index (χ2n) is 5.32. The van der Waals surface area contributed by atoms with Crippen LogP contribution in [0.2, 0.25) is 0 Å². The van der Waals surface area contributed by atoms with Crippen molar-refractivity contribution in [2.45, 2.75) is 38.3 Å². The van der Waals surface area contributed by atoms with E-state index in [0.29, 0.717) is 24.4 Å². The third-order valence-corrected chi connectivity index (χ3v) is 3.67. The summed E-state index contributed by atoms with van der Waals surface area (Å²) in [6.07, 6.45) is 1.13. The molecule has 5 heteroatoms. The summed E-state index contributed by atoms with van der Waals surface area (Å²) in [6, 6.07) is 4.99. The number of amides is 1. The van der Waals surface area contributed by atoms with Gasteiger partial charge in [-0.1, -0.05) is 12.1 Å². The van der Waals surface area contributed by atoms with Crippen LogP contribution in [0.4, 0.5) is 4.39 Å². The monoisotopic (exact) mass is 261 g/mol. The van der Waals surface area contributed by atoms with Crippen molar-refractivity contribution >= 4 is 11.9 Å². The van der Waals surface area contributed by atoms with Gasteiger partial charge < -0.3 is 5.32 Å². The molecule has 1 fully saturated rings. The summed E-state index contributed by atoms with van der Waals surface area (Å²) in [4.78, 5) is 16.6. The van der Waals surface area contributed by atoms with Crippen LogP contribution in [0.15, 0.2) is 23.2 Å². The summed E-state index contributed by atoms with van der Waals surface area (Å²) in [7, 11) is 0. The highest BCUT2D eigenvalue weighted by Crippen LogP contribution is 2.39. The Hall–Kier alpha value is -1.91. The summed E-state index contributed by atoms with van der Waals surface area (Å²) in [5.41, 5.74) is 0.528. The molecule has 100 valence electrons. The Morgan fingerprint density at radius 1 is 1.42 bits per heavy atom. The van der Waals surface area contributed by atoms with E-state index in [0.717, 1.165) is 5.56 Å². The SMILES string of the molecule is CC(C)N=C1NC(=O)C2(CCc3c(F)cccc32)N1. The fraction of sp³-hybridized carbons (Fsp3) is 0.429. The minimum atomic E-state index is -0.842. The van der Waals surface area contributed by atoms with Crippen LogP contribution in [-0.2, 0) is 16.8 Å². The first kappa shape index (κ1) is 12.1. The van der Waals surface area contributed by atoms with Crippen molar-refractivity contribution in [1.29, 1.82) is 0 Å². The normalized spacial score (nSPS) is 26.9. The van der Waals surface area contributed by atoms with E-state index in [1.807, 2.05) is 19.9 Å². The zero-order valence-electron chi connectivity index (χ0n) is 11.0. The van der Waals surface area contributed by atoms with Crippen molar-refractivity contribution in [2.75, 3.05) is 0 Å². The lowest BCUT2D eigenvalue weighted by Gasteiger charge is -2.21. The zero-order chi connectivity index (χ0) is 13.6. The van der Waals surface area contributed by atoms with E-state index in [1.165, 1.54) is 6.07 Å². The Kier molecular flexibility index (Phi) is 2.59. The molecule has 1 unspecified atom stereocenters. The Labute approximate surface area is 111 Å². The van der Waals surface area contributed by atoms with Crippen LogP contribution >= 0.6 is 0 Å². The predicted molar refractivity (Wildman–Crippen MR) is 70.2 cm³/mol. The second kappa shape index (κ2) is 4.05. The molecule has 0 bridgehead atoms. The summed E-state index contributed by atoms with van der Waals surface area (Å²) in [6.45, 7) is 3.88. The molecule has 1 heterocycles. The standard InChI is InChI=1S/C14H16FN3O/c1-8(2)16-13-17-12(19)14(18-13)7-6-9-10(14)4-3-5-11(9)15/h3-5,8H,6-7H2,1-2H3,(H2,16,17,18,19). The highest BCUT2D eigenvalue weighted by molar-refractivity contribution is 6.10. The molecule has 1 saturated heterocycles. The van der Waals surface area contributed by atoms with E-state index in [-0.39, 0.29) is 17.8 Å². The number of hydrogen-bond donors (Lipinski definition) is 2. The molecule has 1 aromatic rings. The van der Waals surface area contributed by atoms with E-state index in [9.17, 15) is 9.18 Å². The zero-order valence-corrected chi connectivity index (χ0v) is 11.0. The molecule has 0 radical (unpaired) electrons. The van der Waals surface area contributed by atoms with Crippen LogP contribution in [0, 0.1) is 5.82 Å². The van der Waals surface area contributed by atoms with Crippen LogP contribution in [0.1, 0.15) is 31.4 Å². The van der Waals surface area contributed by atoms with E-state index in [2.05, 4.69) is 15.6 Å². The number of nitrogens with one attached hydrogen (secondary N) is 2. The first-order valence-electron chi connectivity index (χ1n) is 6.48. The maximum absolute atomic E-state index is 13.8. The molecule has 4 nitrogen and oxygen atoms in total. The van der Waals surface area contributed by atoms with Gasteiger partial charge in [0.2, 0.25) is 0 Å². The minimum absolute atomic E-state index is 0.0892. The van der Waals surface area contributed by atoms with Gasteiger partial charge in [-0.05, 0) is 43.9 Å². The molecular weight excluding hydrogens is 245 g/mol. The Morgan fingerprint density at radius 2 is 2.21 bits per heavy atom. The van der Waals surface area contributed by atoms with Gasteiger partial charge in [-0.15, -0.1) is 0 Å². The lowest BCUT2D eigenvalue weighted by atomic mass is 9.92. The van der Waals surface area contributed by atoms with Crippen LogP contribution in [0.3, 0.4) is 0 Å².